The summed E-state index contributed by atoms with van der Waals surface area (Å²) in [6.07, 6.45) is 2.48. The van der Waals surface area contributed by atoms with Gasteiger partial charge in [0, 0.05) is 11.6 Å². The van der Waals surface area contributed by atoms with Crippen LogP contribution in [0.25, 0.3) is 0 Å². The molecule has 8 heteroatoms. The molecule has 0 spiro atoms. The highest BCUT2D eigenvalue weighted by Gasteiger charge is 2.24. The number of nitrogens with one attached hydrogen (secondary N) is 2. The Morgan fingerprint density at radius 1 is 1.03 bits per heavy atom. The van der Waals surface area contributed by atoms with Crippen molar-refractivity contribution in [3.05, 3.63) is 69.7 Å². The molecule has 0 bridgehead atoms. The summed E-state index contributed by atoms with van der Waals surface area (Å²) in [7, 11) is 3.87. The van der Waals surface area contributed by atoms with Crippen LogP contribution in [0.5, 0.6) is 0 Å². The monoisotopic (exact) mass is 467 g/mol. The summed E-state index contributed by atoms with van der Waals surface area (Å²) in [5.41, 5.74) is 1.29. The number of halogens is 2. The molecule has 0 aliphatic rings. The molecule has 162 valence electrons. The second-order valence-electron chi connectivity index (χ2n) is 7.03. The molecule has 2 amide bonds. The van der Waals surface area contributed by atoms with Gasteiger partial charge in [0.05, 0.1) is 16.6 Å². The maximum absolute atomic E-state index is 12.9. The number of amides is 2. The van der Waals surface area contributed by atoms with Gasteiger partial charge >= 0.3 is 0 Å². The van der Waals surface area contributed by atoms with Crippen LogP contribution in [0.4, 0.5) is 0 Å². The van der Waals surface area contributed by atoms with Gasteiger partial charge in [0.25, 0.3) is 5.91 Å². The van der Waals surface area contributed by atoms with Crippen LogP contribution in [-0.2, 0) is 4.79 Å². The van der Waals surface area contributed by atoms with Crippen molar-refractivity contribution in [3.8, 4) is 0 Å². The molecule has 0 aromatic heterocycles. The maximum Gasteiger partial charge on any atom is 0.253 e. The molecule has 2 N–H and O–H groups in total. The number of carbonyl (C=O) groups is 2. The third-order valence-corrected chi connectivity index (χ3v) is 6.03. The second kappa shape index (κ2) is 12.2. The Labute approximate surface area is 192 Å². The highest BCUT2D eigenvalue weighted by molar-refractivity contribution is 7.98. The van der Waals surface area contributed by atoms with Crippen LogP contribution in [0.3, 0.4) is 0 Å². The van der Waals surface area contributed by atoms with E-state index in [2.05, 4.69) is 10.6 Å². The number of thioether (sulfide) groups is 1. The normalized spacial score (nSPS) is 13.0. The number of nitrogens with zero attached hydrogens (tertiary/aromatic N) is 1. The van der Waals surface area contributed by atoms with E-state index in [9.17, 15) is 9.59 Å². The Morgan fingerprint density at radius 3 is 2.27 bits per heavy atom. The molecule has 0 aliphatic carbocycles. The number of hydrogen-bond acceptors (Lipinski definition) is 4. The molecule has 0 saturated carbocycles. The van der Waals surface area contributed by atoms with Crippen molar-refractivity contribution in [3.63, 3.8) is 0 Å². The average molecular weight is 468 g/mol. The van der Waals surface area contributed by atoms with Gasteiger partial charge in [-0.1, -0.05) is 53.5 Å². The highest BCUT2D eigenvalue weighted by Crippen LogP contribution is 2.25. The van der Waals surface area contributed by atoms with Gasteiger partial charge < -0.3 is 15.5 Å². The molecule has 0 heterocycles. The van der Waals surface area contributed by atoms with Crippen LogP contribution in [0.1, 0.15) is 28.4 Å². The number of hydrogen-bond donors (Lipinski definition) is 2. The number of carbonyl (C=O) groups excluding carboxylic acids is 2. The number of rotatable bonds is 10. The first kappa shape index (κ1) is 24.5. The molecular formula is C22H27Cl2N3O2S. The minimum absolute atomic E-state index is 0.0943. The van der Waals surface area contributed by atoms with Gasteiger partial charge in [-0.25, -0.2) is 0 Å². The predicted octanol–water partition coefficient (Wildman–Crippen LogP) is 4.26. The van der Waals surface area contributed by atoms with Crippen molar-refractivity contribution < 1.29 is 9.59 Å². The largest absolute Gasteiger partial charge is 0.352 e. The molecule has 30 heavy (non-hydrogen) atoms. The molecule has 2 rings (SSSR count). The summed E-state index contributed by atoms with van der Waals surface area (Å²) in [4.78, 5) is 27.6. The Hall–Kier alpha value is -1.73. The lowest BCUT2D eigenvalue weighted by Gasteiger charge is -2.27. The Bertz CT molecular complexity index is 864. The molecule has 0 radical (unpaired) electrons. The van der Waals surface area contributed by atoms with Crippen LogP contribution in [0.2, 0.25) is 10.0 Å². The third-order valence-electron chi connectivity index (χ3n) is 4.71. The van der Waals surface area contributed by atoms with E-state index >= 15 is 0 Å². The van der Waals surface area contributed by atoms with E-state index in [0.29, 0.717) is 28.6 Å². The molecule has 2 atom stereocenters. The zero-order chi connectivity index (χ0) is 22.1. The topological polar surface area (TPSA) is 61.4 Å². The van der Waals surface area contributed by atoms with Gasteiger partial charge in [-0.3, -0.25) is 9.59 Å². The summed E-state index contributed by atoms with van der Waals surface area (Å²) < 4.78 is 0. The summed E-state index contributed by atoms with van der Waals surface area (Å²) in [5.74, 6) is 0.142. The third kappa shape index (κ3) is 6.91. The van der Waals surface area contributed by atoms with E-state index in [0.717, 1.165) is 11.3 Å². The van der Waals surface area contributed by atoms with Crippen molar-refractivity contribution in [2.24, 2.45) is 0 Å². The molecule has 0 aliphatic heterocycles. The van der Waals surface area contributed by atoms with Crippen LogP contribution in [-0.4, -0.2) is 55.4 Å². The second-order valence-corrected chi connectivity index (χ2v) is 8.83. The Kier molecular flexibility index (Phi) is 9.98. The molecule has 0 fully saturated rings. The van der Waals surface area contributed by atoms with E-state index in [1.165, 1.54) is 0 Å². The van der Waals surface area contributed by atoms with Gasteiger partial charge in [-0.05, 0) is 56.3 Å². The van der Waals surface area contributed by atoms with Gasteiger partial charge in [-0.2, -0.15) is 11.8 Å². The lowest BCUT2D eigenvalue weighted by Crippen LogP contribution is -2.48. The van der Waals surface area contributed by atoms with Crippen molar-refractivity contribution in [1.82, 2.24) is 15.5 Å². The summed E-state index contributed by atoms with van der Waals surface area (Å²) >= 11 is 14.1. The van der Waals surface area contributed by atoms with E-state index < -0.39 is 6.04 Å². The Balaban J connectivity index is 2.09. The van der Waals surface area contributed by atoms with Crippen LogP contribution < -0.4 is 10.6 Å². The molecule has 2 aromatic rings. The average Bonchev–Trinajstić information content (AvgIpc) is 2.72. The maximum atomic E-state index is 12.9. The quantitative estimate of drug-likeness (QED) is 0.547. The van der Waals surface area contributed by atoms with E-state index in [1.807, 2.05) is 49.5 Å². The molecule has 2 unspecified atom stereocenters. The lowest BCUT2D eigenvalue weighted by molar-refractivity contribution is -0.123. The first-order valence-corrected chi connectivity index (χ1v) is 11.7. The van der Waals surface area contributed by atoms with Gasteiger partial charge in [0.2, 0.25) is 5.91 Å². The molecular weight excluding hydrogens is 441 g/mol. The molecule has 2 aromatic carbocycles. The molecule has 0 saturated heterocycles. The smallest absolute Gasteiger partial charge is 0.253 e. The minimum atomic E-state index is -0.657. The van der Waals surface area contributed by atoms with Crippen molar-refractivity contribution in [2.75, 3.05) is 32.6 Å². The highest BCUT2D eigenvalue weighted by atomic mass is 35.5. The van der Waals surface area contributed by atoms with Crippen molar-refractivity contribution in [2.45, 2.75) is 18.5 Å². The van der Waals surface area contributed by atoms with E-state index in [4.69, 9.17) is 23.2 Å². The zero-order valence-electron chi connectivity index (χ0n) is 17.3. The lowest BCUT2D eigenvalue weighted by atomic mass is 10.1. The van der Waals surface area contributed by atoms with E-state index in [-0.39, 0.29) is 17.9 Å². The fourth-order valence-electron chi connectivity index (χ4n) is 3.02. The standard InChI is InChI=1S/C22H27Cl2N3O2S/c1-27(2)20(15-8-4-6-10-17(15)23)14-25-22(29)19(12-13-30-3)26-21(28)16-9-5-7-11-18(16)24/h4-11,19-20H,12-14H2,1-3H3,(H,25,29)(H,26,28). The number of benzene rings is 2. The van der Waals surface area contributed by atoms with Gasteiger partial charge in [0.1, 0.15) is 6.04 Å². The SMILES string of the molecule is CSCCC(NC(=O)c1ccccc1Cl)C(=O)NCC(c1ccccc1Cl)N(C)C. The fourth-order valence-corrected chi connectivity index (χ4v) is 3.98. The van der Waals surface area contributed by atoms with Crippen LogP contribution in [0.15, 0.2) is 48.5 Å². The summed E-state index contributed by atoms with van der Waals surface area (Å²) in [5, 5.41) is 6.80. The predicted molar refractivity (Wildman–Crippen MR) is 127 cm³/mol. The summed E-state index contributed by atoms with van der Waals surface area (Å²) in [6, 6.07) is 13.6. The van der Waals surface area contributed by atoms with Crippen molar-refractivity contribution in [1.29, 1.82) is 0 Å². The first-order valence-electron chi connectivity index (χ1n) is 9.58. The zero-order valence-corrected chi connectivity index (χ0v) is 19.7. The van der Waals surface area contributed by atoms with Gasteiger partial charge in [-0.15, -0.1) is 0 Å². The minimum Gasteiger partial charge on any atom is -0.352 e. The van der Waals surface area contributed by atoms with E-state index in [1.54, 1.807) is 36.0 Å². The summed E-state index contributed by atoms with van der Waals surface area (Å²) in [6.45, 7) is 0.368. The fraction of sp³-hybridized carbons (Fsp3) is 0.364. The Morgan fingerprint density at radius 2 is 1.67 bits per heavy atom. The van der Waals surface area contributed by atoms with Crippen LogP contribution >= 0.6 is 35.0 Å². The first-order chi connectivity index (χ1) is 14.3. The van der Waals surface area contributed by atoms with Crippen LogP contribution in [0, 0.1) is 0 Å². The molecule has 5 nitrogen and oxygen atoms in total. The van der Waals surface area contributed by atoms with Gasteiger partial charge in [0.15, 0.2) is 0 Å². The van der Waals surface area contributed by atoms with Crippen molar-refractivity contribution >= 4 is 46.8 Å². The number of likely N-dealkylation sites (N-methyl/N-ethyl adjacent to an activating group) is 1.